The number of aromatic nitrogens is 1. The first kappa shape index (κ1) is 11.0. The normalized spacial score (nSPS) is 20.5. The fourth-order valence-corrected chi connectivity index (χ4v) is 2.00. The number of ether oxygens (including phenoxy) is 1. The molecule has 0 amide bonds. The zero-order valence-electron chi connectivity index (χ0n) is 8.17. The first-order chi connectivity index (χ1) is 7.25. The molecule has 3 nitrogen and oxygen atoms in total. The van der Waals surface area contributed by atoms with Gasteiger partial charge in [-0.05, 0) is 19.0 Å². The lowest BCUT2D eigenvalue weighted by atomic mass is 10.1. The molecule has 82 valence electrons. The van der Waals surface area contributed by atoms with E-state index in [2.05, 4.69) is 10.3 Å². The fourth-order valence-electron chi connectivity index (χ4n) is 1.56. The number of nitrogens with zero attached hydrogens (tertiary/aromatic N) is 1. The van der Waals surface area contributed by atoms with Gasteiger partial charge in [-0.3, -0.25) is 0 Å². The van der Waals surface area contributed by atoms with Crippen molar-refractivity contribution in [3.63, 3.8) is 0 Å². The van der Waals surface area contributed by atoms with Crippen molar-refractivity contribution in [1.82, 2.24) is 10.3 Å². The minimum absolute atomic E-state index is 0.466. The molecule has 1 aromatic heterocycles. The highest BCUT2D eigenvalue weighted by molar-refractivity contribution is 6.35. The fraction of sp³-hybridized carbons (Fsp3) is 0.500. The second kappa shape index (κ2) is 5.01. The minimum atomic E-state index is 0.466. The molecule has 0 spiro atoms. The van der Waals surface area contributed by atoms with Crippen LogP contribution in [0.5, 0.6) is 5.88 Å². The first-order valence-corrected chi connectivity index (χ1v) is 5.66. The lowest BCUT2D eigenvalue weighted by Gasteiger charge is -2.10. The van der Waals surface area contributed by atoms with Gasteiger partial charge in [0.2, 0.25) is 5.88 Å². The summed E-state index contributed by atoms with van der Waals surface area (Å²) in [5, 5.41) is 4.27. The quantitative estimate of drug-likeness (QED) is 0.890. The Kier molecular flexibility index (Phi) is 3.67. The number of pyridine rings is 1. The third-order valence-corrected chi connectivity index (χ3v) is 2.87. The second-order valence-corrected chi connectivity index (χ2v) is 4.45. The lowest BCUT2D eigenvalue weighted by molar-refractivity contribution is 0.251. The van der Waals surface area contributed by atoms with Crippen molar-refractivity contribution in [2.45, 2.75) is 6.42 Å². The summed E-state index contributed by atoms with van der Waals surface area (Å²) in [6.07, 6.45) is 2.68. The Hall–Kier alpha value is -0.510. The van der Waals surface area contributed by atoms with E-state index in [4.69, 9.17) is 27.9 Å². The second-order valence-electron chi connectivity index (χ2n) is 3.61. The van der Waals surface area contributed by atoms with E-state index >= 15 is 0 Å². The van der Waals surface area contributed by atoms with Crippen molar-refractivity contribution >= 4 is 23.2 Å². The van der Waals surface area contributed by atoms with Crippen LogP contribution < -0.4 is 10.1 Å². The van der Waals surface area contributed by atoms with Crippen LogP contribution in [0, 0.1) is 5.92 Å². The van der Waals surface area contributed by atoms with Gasteiger partial charge in [-0.25, -0.2) is 4.98 Å². The van der Waals surface area contributed by atoms with Crippen molar-refractivity contribution < 1.29 is 4.74 Å². The zero-order chi connectivity index (χ0) is 10.7. The van der Waals surface area contributed by atoms with Crippen molar-refractivity contribution in [1.29, 1.82) is 0 Å². The molecule has 0 saturated carbocycles. The molecule has 1 unspecified atom stereocenters. The van der Waals surface area contributed by atoms with E-state index in [1.54, 1.807) is 6.07 Å². The van der Waals surface area contributed by atoms with E-state index in [0.29, 0.717) is 28.5 Å². The molecule has 15 heavy (non-hydrogen) atoms. The molecular formula is C10H12Cl2N2O. The van der Waals surface area contributed by atoms with Crippen LogP contribution in [-0.4, -0.2) is 24.7 Å². The summed E-state index contributed by atoms with van der Waals surface area (Å²) in [6.45, 7) is 2.72. The van der Waals surface area contributed by atoms with Gasteiger partial charge in [0.05, 0.1) is 11.6 Å². The van der Waals surface area contributed by atoms with Gasteiger partial charge < -0.3 is 10.1 Å². The smallest absolute Gasteiger partial charge is 0.232 e. The Bertz CT molecular complexity index is 340. The highest BCUT2D eigenvalue weighted by Gasteiger charge is 2.15. The minimum Gasteiger partial charge on any atom is -0.476 e. The van der Waals surface area contributed by atoms with Gasteiger partial charge in [0.1, 0.15) is 5.02 Å². The van der Waals surface area contributed by atoms with Gasteiger partial charge in [-0.2, -0.15) is 0 Å². The lowest BCUT2D eigenvalue weighted by Crippen LogP contribution is -2.15. The Labute approximate surface area is 98.7 Å². The van der Waals surface area contributed by atoms with Gasteiger partial charge in [0, 0.05) is 18.7 Å². The summed E-state index contributed by atoms with van der Waals surface area (Å²) < 4.78 is 5.53. The van der Waals surface area contributed by atoms with Crippen LogP contribution in [-0.2, 0) is 0 Å². The van der Waals surface area contributed by atoms with Crippen molar-refractivity contribution in [3.8, 4) is 5.88 Å². The van der Waals surface area contributed by atoms with Gasteiger partial charge in [0.25, 0.3) is 0 Å². The number of rotatable bonds is 3. The summed E-state index contributed by atoms with van der Waals surface area (Å²) in [6, 6.07) is 1.64. The van der Waals surface area contributed by atoms with Crippen LogP contribution in [0.1, 0.15) is 6.42 Å². The molecule has 1 aliphatic rings. The van der Waals surface area contributed by atoms with Crippen molar-refractivity contribution in [2.75, 3.05) is 19.7 Å². The molecule has 0 radical (unpaired) electrons. The summed E-state index contributed by atoms with van der Waals surface area (Å²) in [5.74, 6) is 1.02. The average Bonchev–Trinajstić information content (AvgIpc) is 2.69. The molecule has 1 atom stereocenters. The standard InChI is InChI=1S/C10H12Cl2N2O/c11-8-3-9(12)10(14-5-8)15-6-7-1-2-13-4-7/h3,5,7,13H,1-2,4,6H2. The molecule has 1 aliphatic heterocycles. The maximum absolute atomic E-state index is 5.93. The zero-order valence-corrected chi connectivity index (χ0v) is 9.68. The monoisotopic (exact) mass is 246 g/mol. The Balaban J connectivity index is 1.92. The van der Waals surface area contributed by atoms with E-state index in [1.807, 2.05) is 0 Å². The number of hydrogen-bond donors (Lipinski definition) is 1. The molecule has 2 heterocycles. The molecule has 5 heteroatoms. The first-order valence-electron chi connectivity index (χ1n) is 4.90. The summed E-state index contributed by atoms with van der Waals surface area (Å²) in [5.41, 5.74) is 0. The van der Waals surface area contributed by atoms with Crippen molar-refractivity contribution in [3.05, 3.63) is 22.3 Å². The Morgan fingerprint density at radius 1 is 1.53 bits per heavy atom. The van der Waals surface area contributed by atoms with E-state index in [0.717, 1.165) is 19.5 Å². The van der Waals surface area contributed by atoms with Crippen LogP contribution in [0.3, 0.4) is 0 Å². The van der Waals surface area contributed by atoms with Crippen LogP contribution in [0.25, 0.3) is 0 Å². The predicted molar refractivity (Wildman–Crippen MR) is 60.7 cm³/mol. The van der Waals surface area contributed by atoms with Gasteiger partial charge in [-0.1, -0.05) is 23.2 Å². The molecule has 0 aliphatic carbocycles. The number of hydrogen-bond acceptors (Lipinski definition) is 3. The molecule has 1 saturated heterocycles. The summed E-state index contributed by atoms with van der Waals surface area (Å²) in [4.78, 5) is 4.03. The van der Waals surface area contributed by atoms with E-state index < -0.39 is 0 Å². The summed E-state index contributed by atoms with van der Waals surface area (Å²) in [7, 11) is 0. The maximum atomic E-state index is 5.93. The maximum Gasteiger partial charge on any atom is 0.232 e. The van der Waals surface area contributed by atoms with Gasteiger partial charge in [0.15, 0.2) is 0 Å². The molecule has 0 bridgehead atoms. The number of halogens is 2. The largest absolute Gasteiger partial charge is 0.476 e. The van der Waals surface area contributed by atoms with Crippen LogP contribution in [0.2, 0.25) is 10.0 Å². The summed E-state index contributed by atoms with van der Waals surface area (Å²) >= 11 is 11.7. The molecule has 1 fully saturated rings. The van der Waals surface area contributed by atoms with E-state index in [-0.39, 0.29) is 0 Å². The number of nitrogens with one attached hydrogen (secondary N) is 1. The van der Waals surface area contributed by atoms with Crippen LogP contribution in [0.15, 0.2) is 12.3 Å². The van der Waals surface area contributed by atoms with Gasteiger partial charge >= 0.3 is 0 Å². The highest BCUT2D eigenvalue weighted by Crippen LogP contribution is 2.25. The molecule has 0 aromatic carbocycles. The average molecular weight is 247 g/mol. The predicted octanol–water partition coefficient (Wildman–Crippen LogP) is 2.38. The topological polar surface area (TPSA) is 34.1 Å². The van der Waals surface area contributed by atoms with E-state index in [9.17, 15) is 0 Å². The van der Waals surface area contributed by atoms with E-state index in [1.165, 1.54) is 6.20 Å². The Morgan fingerprint density at radius 3 is 3.07 bits per heavy atom. The van der Waals surface area contributed by atoms with Crippen molar-refractivity contribution in [2.24, 2.45) is 5.92 Å². The van der Waals surface area contributed by atoms with Crippen LogP contribution >= 0.6 is 23.2 Å². The third-order valence-electron chi connectivity index (χ3n) is 2.39. The molecule has 1 aromatic rings. The Morgan fingerprint density at radius 2 is 2.40 bits per heavy atom. The molecule has 1 N–H and O–H groups in total. The van der Waals surface area contributed by atoms with Crippen LogP contribution in [0.4, 0.5) is 0 Å². The van der Waals surface area contributed by atoms with Gasteiger partial charge in [-0.15, -0.1) is 0 Å². The molecular weight excluding hydrogens is 235 g/mol. The molecule has 2 rings (SSSR count). The third kappa shape index (κ3) is 2.97. The highest BCUT2D eigenvalue weighted by atomic mass is 35.5. The SMILES string of the molecule is Clc1cnc(OCC2CCNC2)c(Cl)c1.